The van der Waals surface area contributed by atoms with Crippen molar-refractivity contribution in [1.29, 1.82) is 0 Å². The van der Waals surface area contributed by atoms with Crippen molar-refractivity contribution in [2.75, 3.05) is 13.2 Å². The summed E-state index contributed by atoms with van der Waals surface area (Å²) in [5.41, 5.74) is 0. The molecule has 0 aliphatic carbocycles. The number of hydrogen-bond acceptors (Lipinski definition) is 5. The lowest BCUT2D eigenvalue weighted by Gasteiger charge is -1.99. The van der Waals surface area contributed by atoms with Crippen LogP contribution in [0, 0.1) is 0 Å². The summed E-state index contributed by atoms with van der Waals surface area (Å²) in [7, 11) is -2.84. The summed E-state index contributed by atoms with van der Waals surface area (Å²) in [5, 5.41) is -1.59. The molecule has 12 heavy (non-hydrogen) atoms. The largest absolute Gasteiger partial charge is 0.320 e. The normalized spacial score (nSPS) is 10.2. The molecule has 0 aromatic heterocycles. The first-order valence-electron chi connectivity index (χ1n) is 2.68. The van der Waals surface area contributed by atoms with Gasteiger partial charge in [-0.2, -0.15) is 0 Å². The molecule has 0 radical (unpaired) electrons. The van der Waals surface area contributed by atoms with E-state index >= 15 is 0 Å². The van der Waals surface area contributed by atoms with Crippen LogP contribution in [0.5, 0.6) is 0 Å². The van der Waals surface area contributed by atoms with E-state index < -0.39 is 32.0 Å². The Labute approximate surface area is 78.9 Å². The summed E-state index contributed by atoms with van der Waals surface area (Å²) >= 11 is 9.70. The van der Waals surface area contributed by atoms with Crippen molar-refractivity contribution in [1.82, 2.24) is 0 Å². The quantitative estimate of drug-likeness (QED) is 0.506. The van der Waals surface area contributed by atoms with Gasteiger partial charge >= 0.3 is 8.25 Å². The minimum absolute atomic E-state index is 0.518. The standard InChI is InChI=1S/C4H5Cl2O5P/c5-3(7)1-10-12(9)11-2-4(6)8/h12H,1-2H2. The Hall–Kier alpha value is 0.0700. The third kappa shape index (κ3) is 8.17. The first-order valence-corrected chi connectivity index (χ1v) is 4.66. The average molecular weight is 235 g/mol. The molecule has 0 aromatic rings. The lowest BCUT2D eigenvalue weighted by atomic mass is 10.8. The van der Waals surface area contributed by atoms with Gasteiger partial charge in [0, 0.05) is 0 Å². The van der Waals surface area contributed by atoms with Crippen LogP contribution in [0.25, 0.3) is 0 Å². The van der Waals surface area contributed by atoms with Crippen LogP contribution < -0.4 is 0 Å². The van der Waals surface area contributed by atoms with Crippen molar-refractivity contribution >= 4 is 41.9 Å². The van der Waals surface area contributed by atoms with E-state index in [-0.39, 0.29) is 0 Å². The minimum Gasteiger partial charge on any atom is -0.301 e. The number of rotatable bonds is 6. The number of hydrogen-bond donors (Lipinski definition) is 0. The SMILES string of the molecule is O=C(Cl)CO[PH](=O)OCC(=O)Cl. The Morgan fingerprint density at radius 1 is 1.08 bits per heavy atom. The van der Waals surface area contributed by atoms with E-state index in [9.17, 15) is 14.2 Å². The predicted octanol–water partition coefficient (Wildman–Crippen LogP) is 0.940. The molecule has 0 N–H and O–H groups in total. The van der Waals surface area contributed by atoms with Crippen LogP contribution in [0.3, 0.4) is 0 Å². The van der Waals surface area contributed by atoms with Crippen molar-refractivity contribution in [2.24, 2.45) is 0 Å². The van der Waals surface area contributed by atoms with E-state index in [0.29, 0.717) is 0 Å². The van der Waals surface area contributed by atoms with Crippen LogP contribution in [-0.4, -0.2) is 23.7 Å². The van der Waals surface area contributed by atoms with Gasteiger partial charge in [-0.25, -0.2) is 0 Å². The zero-order valence-corrected chi connectivity index (χ0v) is 8.22. The van der Waals surface area contributed by atoms with Gasteiger partial charge in [0.15, 0.2) is 0 Å². The second-order valence-electron chi connectivity index (χ2n) is 1.54. The molecule has 0 rings (SSSR count). The number of carbonyl (C=O) groups is 2. The van der Waals surface area contributed by atoms with Gasteiger partial charge in [-0.15, -0.1) is 0 Å². The molecular formula is C4H5Cl2O5P. The summed E-state index contributed by atoms with van der Waals surface area (Å²) in [5.74, 6) is 0. The highest BCUT2D eigenvalue weighted by molar-refractivity contribution is 7.33. The fourth-order valence-electron chi connectivity index (χ4n) is 0.273. The van der Waals surface area contributed by atoms with Gasteiger partial charge in [0.1, 0.15) is 13.2 Å². The Balaban J connectivity index is 3.47. The van der Waals surface area contributed by atoms with E-state index in [2.05, 4.69) is 9.05 Å². The van der Waals surface area contributed by atoms with Crippen LogP contribution in [0.15, 0.2) is 0 Å². The molecule has 0 bridgehead atoms. The second kappa shape index (κ2) is 6.57. The maximum Gasteiger partial charge on any atom is 0.320 e. The second-order valence-corrected chi connectivity index (χ2v) is 3.46. The van der Waals surface area contributed by atoms with Gasteiger partial charge in [0.2, 0.25) is 10.5 Å². The summed E-state index contributed by atoms with van der Waals surface area (Å²) in [6.07, 6.45) is 0. The molecule has 5 nitrogen and oxygen atoms in total. The molecule has 0 heterocycles. The van der Waals surface area contributed by atoms with E-state index in [1.165, 1.54) is 0 Å². The smallest absolute Gasteiger partial charge is 0.301 e. The van der Waals surface area contributed by atoms with Gasteiger partial charge in [-0.05, 0) is 23.2 Å². The Morgan fingerprint density at radius 2 is 1.42 bits per heavy atom. The Bertz CT molecular complexity index is 186. The molecule has 0 aliphatic rings. The van der Waals surface area contributed by atoms with Gasteiger partial charge in [0.05, 0.1) is 0 Å². The first-order chi connectivity index (χ1) is 5.52. The fraction of sp³-hybridized carbons (Fsp3) is 0.500. The van der Waals surface area contributed by atoms with E-state index in [1.807, 2.05) is 0 Å². The highest BCUT2D eigenvalue weighted by atomic mass is 35.5. The molecule has 0 fully saturated rings. The van der Waals surface area contributed by atoms with Crippen LogP contribution >= 0.6 is 31.5 Å². The summed E-state index contributed by atoms with van der Waals surface area (Å²) in [6, 6.07) is 0. The third-order valence-corrected chi connectivity index (χ3v) is 1.59. The summed E-state index contributed by atoms with van der Waals surface area (Å²) in [4.78, 5) is 20.1. The van der Waals surface area contributed by atoms with E-state index in [1.54, 1.807) is 0 Å². The molecular weight excluding hydrogens is 230 g/mol. The van der Waals surface area contributed by atoms with E-state index in [4.69, 9.17) is 23.2 Å². The van der Waals surface area contributed by atoms with Gasteiger partial charge in [0.25, 0.3) is 0 Å². The first kappa shape index (κ1) is 12.1. The molecule has 0 spiro atoms. The Morgan fingerprint density at radius 3 is 1.67 bits per heavy atom. The van der Waals surface area contributed by atoms with Crippen LogP contribution in [0.1, 0.15) is 0 Å². The molecule has 0 unspecified atom stereocenters. The molecule has 0 amide bonds. The number of carbonyl (C=O) groups excluding carboxylic acids is 2. The van der Waals surface area contributed by atoms with Crippen molar-refractivity contribution in [3.63, 3.8) is 0 Å². The van der Waals surface area contributed by atoms with Gasteiger partial charge < -0.3 is 9.05 Å². The van der Waals surface area contributed by atoms with Crippen LogP contribution in [0.2, 0.25) is 0 Å². The highest BCUT2D eigenvalue weighted by Crippen LogP contribution is 2.23. The fourth-order valence-corrected chi connectivity index (χ4v) is 1.15. The number of halogens is 2. The molecule has 70 valence electrons. The Kier molecular flexibility index (Phi) is 6.61. The zero-order valence-electron chi connectivity index (χ0n) is 5.71. The summed E-state index contributed by atoms with van der Waals surface area (Å²) in [6.45, 7) is -1.04. The molecule has 0 saturated carbocycles. The van der Waals surface area contributed by atoms with Crippen molar-refractivity contribution in [2.45, 2.75) is 0 Å². The zero-order chi connectivity index (χ0) is 9.56. The molecule has 0 atom stereocenters. The van der Waals surface area contributed by atoms with E-state index in [0.717, 1.165) is 0 Å². The lowest BCUT2D eigenvalue weighted by Crippen LogP contribution is -2.00. The lowest BCUT2D eigenvalue weighted by molar-refractivity contribution is -0.113. The van der Waals surface area contributed by atoms with Crippen LogP contribution in [0.4, 0.5) is 0 Å². The maximum atomic E-state index is 10.6. The molecule has 0 saturated heterocycles. The molecule has 8 heteroatoms. The average Bonchev–Trinajstić information content (AvgIpc) is 1.96. The predicted molar refractivity (Wildman–Crippen MR) is 42.6 cm³/mol. The highest BCUT2D eigenvalue weighted by Gasteiger charge is 2.04. The summed E-state index contributed by atoms with van der Waals surface area (Å²) < 4.78 is 19.1. The van der Waals surface area contributed by atoms with Gasteiger partial charge in [-0.3, -0.25) is 14.2 Å². The van der Waals surface area contributed by atoms with Crippen LogP contribution in [-0.2, 0) is 23.2 Å². The van der Waals surface area contributed by atoms with Crippen molar-refractivity contribution in [3.8, 4) is 0 Å². The third-order valence-electron chi connectivity index (χ3n) is 0.607. The maximum absolute atomic E-state index is 10.6. The molecule has 0 aromatic carbocycles. The molecule has 0 aliphatic heterocycles. The van der Waals surface area contributed by atoms with Crippen molar-refractivity contribution < 1.29 is 23.2 Å². The monoisotopic (exact) mass is 234 g/mol. The van der Waals surface area contributed by atoms with Crippen molar-refractivity contribution in [3.05, 3.63) is 0 Å². The topological polar surface area (TPSA) is 69.7 Å². The minimum atomic E-state index is -2.84. The van der Waals surface area contributed by atoms with Gasteiger partial charge in [-0.1, -0.05) is 0 Å².